The van der Waals surface area contributed by atoms with Crippen molar-refractivity contribution in [3.63, 3.8) is 0 Å². The fraction of sp³-hybridized carbons (Fsp3) is 0.579. The van der Waals surface area contributed by atoms with Crippen LogP contribution in [0.5, 0.6) is 0 Å². The number of nitrogens with zero attached hydrogens (tertiary/aromatic N) is 3. The van der Waals surface area contributed by atoms with Crippen molar-refractivity contribution in [3.8, 4) is 0 Å². The lowest BCUT2D eigenvalue weighted by molar-refractivity contribution is -0.151. The summed E-state index contributed by atoms with van der Waals surface area (Å²) in [7, 11) is 0. The van der Waals surface area contributed by atoms with Crippen LogP contribution in [-0.2, 0) is 14.4 Å². The van der Waals surface area contributed by atoms with E-state index in [1.54, 1.807) is 17.3 Å². The van der Waals surface area contributed by atoms with E-state index in [-0.39, 0.29) is 17.7 Å². The van der Waals surface area contributed by atoms with Crippen LogP contribution in [0.1, 0.15) is 12.8 Å². The molecule has 0 bridgehead atoms. The van der Waals surface area contributed by atoms with Gasteiger partial charge in [-0.25, -0.2) is 0 Å². The number of carbonyl (C=O) groups excluding carboxylic acids is 2. The van der Waals surface area contributed by atoms with Gasteiger partial charge >= 0.3 is 5.97 Å². The highest BCUT2D eigenvalue weighted by Crippen LogP contribution is 2.58. The summed E-state index contributed by atoms with van der Waals surface area (Å²) < 4.78 is 0. The third-order valence-corrected chi connectivity index (χ3v) is 6.44. The number of primary amides is 1. The van der Waals surface area contributed by atoms with Crippen LogP contribution in [0.2, 0.25) is 0 Å². The van der Waals surface area contributed by atoms with Gasteiger partial charge in [-0.3, -0.25) is 19.4 Å². The minimum absolute atomic E-state index is 0.173. The third-order valence-electron chi connectivity index (χ3n) is 6.44. The van der Waals surface area contributed by atoms with Crippen LogP contribution in [-0.4, -0.2) is 71.5 Å². The number of hydrogen-bond donors (Lipinski definition) is 3. The minimum Gasteiger partial charge on any atom is -0.481 e. The predicted molar refractivity (Wildman–Crippen MR) is 100 cm³/mol. The lowest BCUT2D eigenvalue weighted by atomic mass is 9.80. The van der Waals surface area contributed by atoms with Crippen LogP contribution in [0.3, 0.4) is 0 Å². The SMILES string of the molecule is NC(=O)C1CC12CNC(C(=O)N1CCN(c3ccncc3)CC1)C(C(=O)O)C2. The monoisotopic (exact) mass is 387 g/mol. The molecule has 0 aromatic carbocycles. The van der Waals surface area contributed by atoms with Crippen molar-refractivity contribution in [2.24, 2.45) is 23.0 Å². The number of pyridine rings is 1. The zero-order chi connectivity index (χ0) is 19.9. The maximum Gasteiger partial charge on any atom is 0.308 e. The molecule has 1 aromatic rings. The average Bonchev–Trinajstić information content (AvgIpc) is 3.42. The zero-order valence-corrected chi connectivity index (χ0v) is 15.6. The number of aromatic nitrogens is 1. The number of hydrogen-bond acceptors (Lipinski definition) is 6. The fourth-order valence-corrected chi connectivity index (χ4v) is 4.68. The second kappa shape index (κ2) is 7.05. The van der Waals surface area contributed by atoms with Gasteiger partial charge in [-0.05, 0) is 30.4 Å². The number of aliphatic carboxylic acids is 1. The van der Waals surface area contributed by atoms with Crippen molar-refractivity contribution in [2.75, 3.05) is 37.6 Å². The summed E-state index contributed by atoms with van der Waals surface area (Å²) in [6, 6.07) is 3.11. The highest BCUT2D eigenvalue weighted by molar-refractivity contribution is 5.89. The summed E-state index contributed by atoms with van der Waals surface area (Å²) in [4.78, 5) is 44.3. The Kier molecular flexibility index (Phi) is 4.70. The number of piperazine rings is 1. The van der Waals surface area contributed by atoms with Crippen LogP contribution in [0.25, 0.3) is 0 Å². The van der Waals surface area contributed by atoms with Crippen molar-refractivity contribution in [2.45, 2.75) is 18.9 Å². The van der Waals surface area contributed by atoms with Gasteiger partial charge in [0.05, 0.1) is 5.92 Å². The molecular weight excluding hydrogens is 362 g/mol. The van der Waals surface area contributed by atoms with Crippen molar-refractivity contribution >= 4 is 23.5 Å². The van der Waals surface area contributed by atoms with E-state index in [9.17, 15) is 19.5 Å². The molecule has 150 valence electrons. The van der Waals surface area contributed by atoms with E-state index < -0.39 is 23.3 Å². The number of anilines is 1. The second-order valence-electron chi connectivity index (χ2n) is 8.05. The molecule has 4 rings (SSSR count). The average molecular weight is 387 g/mol. The molecule has 2 amide bonds. The van der Waals surface area contributed by atoms with Gasteiger partial charge in [0.1, 0.15) is 6.04 Å². The maximum atomic E-state index is 13.0. The molecule has 3 fully saturated rings. The van der Waals surface area contributed by atoms with Crippen molar-refractivity contribution in [1.82, 2.24) is 15.2 Å². The molecule has 1 aliphatic carbocycles. The summed E-state index contributed by atoms with van der Waals surface area (Å²) in [6.45, 7) is 2.92. The Morgan fingerprint density at radius 1 is 1.14 bits per heavy atom. The molecule has 28 heavy (non-hydrogen) atoms. The topological polar surface area (TPSA) is 129 Å². The van der Waals surface area contributed by atoms with Gasteiger partial charge in [-0.15, -0.1) is 0 Å². The number of nitrogens with one attached hydrogen (secondary N) is 1. The van der Waals surface area contributed by atoms with Gasteiger partial charge in [0.25, 0.3) is 0 Å². The van der Waals surface area contributed by atoms with E-state index in [0.717, 1.165) is 5.69 Å². The van der Waals surface area contributed by atoms with Gasteiger partial charge < -0.3 is 26.0 Å². The number of rotatable bonds is 4. The summed E-state index contributed by atoms with van der Waals surface area (Å²) >= 11 is 0. The van der Waals surface area contributed by atoms with Crippen molar-refractivity contribution < 1.29 is 19.5 Å². The molecule has 1 spiro atoms. The molecule has 0 radical (unpaired) electrons. The number of carboxylic acids is 1. The quantitative estimate of drug-likeness (QED) is 0.622. The Morgan fingerprint density at radius 3 is 2.39 bits per heavy atom. The van der Waals surface area contributed by atoms with Gasteiger partial charge in [-0.2, -0.15) is 0 Å². The molecule has 3 aliphatic rings. The van der Waals surface area contributed by atoms with Gasteiger partial charge in [0, 0.05) is 56.7 Å². The first-order valence-electron chi connectivity index (χ1n) is 9.60. The number of carboxylic acid groups (broad SMARTS) is 1. The maximum absolute atomic E-state index is 13.0. The van der Waals surface area contributed by atoms with Gasteiger partial charge in [0.2, 0.25) is 11.8 Å². The molecule has 4 atom stereocenters. The number of carbonyl (C=O) groups is 3. The third kappa shape index (κ3) is 3.30. The highest BCUT2D eigenvalue weighted by atomic mass is 16.4. The predicted octanol–water partition coefficient (Wildman–Crippen LogP) is -0.715. The normalized spacial score (nSPS) is 32.2. The van der Waals surface area contributed by atoms with E-state index >= 15 is 0 Å². The first kappa shape index (κ1) is 18.7. The van der Waals surface area contributed by atoms with E-state index in [4.69, 9.17) is 5.73 Å². The number of amides is 2. The van der Waals surface area contributed by atoms with Crippen molar-refractivity contribution in [1.29, 1.82) is 0 Å². The molecule has 3 heterocycles. The first-order valence-corrected chi connectivity index (χ1v) is 9.60. The molecular formula is C19H25N5O4. The van der Waals surface area contributed by atoms with Crippen LogP contribution in [0.4, 0.5) is 5.69 Å². The first-order chi connectivity index (χ1) is 13.4. The van der Waals surface area contributed by atoms with Crippen LogP contribution in [0, 0.1) is 17.3 Å². The standard InChI is InChI=1S/C19H25N5O4/c20-16(25)14-10-19(14)9-13(18(27)28)15(22-11-19)17(26)24-7-5-23(6-8-24)12-1-3-21-4-2-12/h1-4,13-15,22H,5-11H2,(H2,20,25)(H,27,28). The Morgan fingerprint density at radius 2 is 1.82 bits per heavy atom. The van der Waals surface area contributed by atoms with E-state index in [1.165, 1.54) is 0 Å². The Bertz CT molecular complexity index is 780. The summed E-state index contributed by atoms with van der Waals surface area (Å²) in [5, 5.41) is 12.8. The summed E-state index contributed by atoms with van der Waals surface area (Å²) in [5.41, 5.74) is 6.07. The molecule has 1 aromatic heterocycles. The molecule has 2 saturated heterocycles. The van der Waals surface area contributed by atoms with E-state index in [1.807, 2.05) is 12.1 Å². The lowest BCUT2D eigenvalue weighted by Gasteiger charge is -2.41. The molecule has 9 heteroatoms. The zero-order valence-electron chi connectivity index (χ0n) is 15.6. The van der Waals surface area contributed by atoms with Gasteiger partial charge in [-0.1, -0.05) is 0 Å². The largest absolute Gasteiger partial charge is 0.481 e. The Labute approximate surface area is 162 Å². The molecule has 4 unspecified atom stereocenters. The number of piperidine rings is 1. The van der Waals surface area contributed by atoms with Gasteiger partial charge in [0.15, 0.2) is 0 Å². The fourth-order valence-electron chi connectivity index (χ4n) is 4.68. The van der Waals surface area contributed by atoms with E-state index in [0.29, 0.717) is 45.6 Å². The van der Waals surface area contributed by atoms with Crippen molar-refractivity contribution in [3.05, 3.63) is 24.5 Å². The minimum atomic E-state index is -1.00. The van der Waals surface area contributed by atoms with Crippen LogP contribution in [0.15, 0.2) is 24.5 Å². The smallest absolute Gasteiger partial charge is 0.308 e. The van der Waals surface area contributed by atoms with E-state index in [2.05, 4.69) is 15.2 Å². The molecule has 1 saturated carbocycles. The summed E-state index contributed by atoms with van der Waals surface area (Å²) in [5.74, 6) is -2.70. The number of nitrogens with two attached hydrogens (primary N) is 1. The second-order valence-corrected chi connectivity index (χ2v) is 8.05. The van der Waals surface area contributed by atoms with Crippen LogP contribution >= 0.6 is 0 Å². The lowest BCUT2D eigenvalue weighted by Crippen LogP contribution is -2.60. The summed E-state index contributed by atoms with van der Waals surface area (Å²) in [6.07, 6.45) is 4.40. The Hall–Kier alpha value is -2.68. The Balaban J connectivity index is 1.39. The molecule has 9 nitrogen and oxygen atoms in total. The molecule has 2 aliphatic heterocycles. The van der Waals surface area contributed by atoms with Crippen LogP contribution < -0.4 is 16.0 Å². The molecule has 4 N–H and O–H groups in total. The highest BCUT2D eigenvalue weighted by Gasteiger charge is 2.62.